The summed E-state index contributed by atoms with van der Waals surface area (Å²) in [6.45, 7) is 4.26. The van der Waals surface area contributed by atoms with E-state index < -0.39 is 16.0 Å². The number of benzene rings is 1. The Bertz CT molecular complexity index is 626. The zero-order valence-corrected chi connectivity index (χ0v) is 12.2. The Morgan fingerprint density at radius 3 is 2.75 bits per heavy atom. The standard InChI is InChI=1S/C13H17NO5S/c1-9-8-19-7-6-14(9)20(17,18)12-5-3-4-11(10(12)2)13(15)16/h3-5,9H,6-8H2,1-2H3,(H,15,16). The van der Waals surface area contributed by atoms with Crippen LogP contribution in [0.3, 0.4) is 0 Å². The molecule has 1 aromatic carbocycles. The van der Waals surface area contributed by atoms with Gasteiger partial charge in [0.25, 0.3) is 0 Å². The number of carboxylic acids is 1. The highest BCUT2D eigenvalue weighted by atomic mass is 32.2. The fourth-order valence-electron chi connectivity index (χ4n) is 2.32. The molecule has 7 heteroatoms. The fourth-order valence-corrected chi connectivity index (χ4v) is 4.17. The molecule has 1 N–H and O–H groups in total. The Hall–Kier alpha value is -1.44. The van der Waals surface area contributed by atoms with E-state index in [1.54, 1.807) is 6.92 Å². The first-order chi connectivity index (χ1) is 9.35. The van der Waals surface area contributed by atoms with Crippen molar-refractivity contribution in [2.45, 2.75) is 24.8 Å². The van der Waals surface area contributed by atoms with Crippen molar-refractivity contribution in [2.75, 3.05) is 19.8 Å². The summed E-state index contributed by atoms with van der Waals surface area (Å²) in [5.41, 5.74) is 0.269. The molecule has 20 heavy (non-hydrogen) atoms. The maximum atomic E-state index is 12.7. The third kappa shape index (κ3) is 2.56. The van der Waals surface area contributed by atoms with Crippen LogP contribution in [0.15, 0.2) is 23.1 Å². The minimum Gasteiger partial charge on any atom is -0.478 e. The van der Waals surface area contributed by atoms with Gasteiger partial charge in [0, 0.05) is 12.6 Å². The molecule has 0 spiro atoms. The van der Waals surface area contributed by atoms with Crippen LogP contribution in [0.1, 0.15) is 22.8 Å². The van der Waals surface area contributed by atoms with E-state index in [4.69, 9.17) is 9.84 Å². The number of morpholine rings is 1. The lowest BCUT2D eigenvalue weighted by atomic mass is 10.1. The Balaban J connectivity index is 2.49. The third-order valence-corrected chi connectivity index (χ3v) is 5.57. The summed E-state index contributed by atoms with van der Waals surface area (Å²) in [5, 5.41) is 9.09. The van der Waals surface area contributed by atoms with Gasteiger partial charge in [-0.2, -0.15) is 4.31 Å². The molecular weight excluding hydrogens is 282 g/mol. The first kappa shape index (κ1) is 15.0. The van der Waals surface area contributed by atoms with Crippen LogP contribution in [0.25, 0.3) is 0 Å². The highest BCUT2D eigenvalue weighted by Crippen LogP contribution is 2.25. The normalized spacial score (nSPS) is 20.8. The summed E-state index contributed by atoms with van der Waals surface area (Å²) in [7, 11) is -3.71. The molecule has 1 aromatic rings. The lowest BCUT2D eigenvalue weighted by molar-refractivity contribution is 0.0392. The highest BCUT2D eigenvalue weighted by molar-refractivity contribution is 7.89. The van der Waals surface area contributed by atoms with Crippen molar-refractivity contribution in [1.82, 2.24) is 4.31 Å². The number of nitrogens with zero attached hydrogens (tertiary/aromatic N) is 1. The maximum Gasteiger partial charge on any atom is 0.335 e. The van der Waals surface area contributed by atoms with Crippen LogP contribution in [-0.2, 0) is 14.8 Å². The molecule has 6 nitrogen and oxygen atoms in total. The average Bonchev–Trinajstić information content (AvgIpc) is 2.38. The van der Waals surface area contributed by atoms with Gasteiger partial charge in [-0.1, -0.05) is 6.07 Å². The van der Waals surface area contributed by atoms with E-state index in [9.17, 15) is 13.2 Å². The molecule has 0 amide bonds. The summed E-state index contributed by atoms with van der Waals surface area (Å²) in [6, 6.07) is 4.04. The Labute approximate surface area is 118 Å². The number of sulfonamides is 1. The average molecular weight is 299 g/mol. The van der Waals surface area contributed by atoms with Gasteiger partial charge in [0.05, 0.1) is 23.7 Å². The lowest BCUT2D eigenvalue weighted by Gasteiger charge is -2.32. The van der Waals surface area contributed by atoms with E-state index in [2.05, 4.69) is 0 Å². The number of aromatic carboxylic acids is 1. The highest BCUT2D eigenvalue weighted by Gasteiger charge is 2.33. The van der Waals surface area contributed by atoms with Gasteiger partial charge in [-0.3, -0.25) is 0 Å². The van der Waals surface area contributed by atoms with Gasteiger partial charge in [0.1, 0.15) is 0 Å². The van der Waals surface area contributed by atoms with Crippen LogP contribution < -0.4 is 0 Å². The molecule has 1 unspecified atom stereocenters. The van der Waals surface area contributed by atoms with Gasteiger partial charge >= 0.3 is 5.97 Å². The number of carbonyl (C=O) groups is 1. The smallest absolute Gasteiger partial charge is 0.335 e. The van der Waals surface area contributed by atoms with Crippen molar-refractivity contribution in [3.8, 4) is 0 Å². The summed E-state index contributed by atoms with van der Waals surface area (Å²) in [5.74, 6) is -1.13. The number of rotatable bonds is 3. The molecule has 1 fully saturated rings. The number of hydrogen-bond acceptors (Lipinski definition) is 4. The molecule has 1 aliphatic rings. The summed E-state index contributed by atoms with van der Waals surface area (Å²) >= 11 is 0. The van der Waals surface area contributed by atoms with Gasteiger partial charge in [-0.15, -0.1) is 0 Å². The molecule has 110 valence electrons. The van der Waals surface area contributed by atoms with Crippen LogP contribution in [0, 0.1) is 6.92 Å². The number of carboxylic acid groups (broad SMARTS) is 1. The number of ether oxygens (including phenoxy) is 1. The van der Waals surface area contributed by atoms with Crippen molar-refractivity contribution in [3.63, 3.8) is 0 Å². The molecule has 1 atom stereocenters. The first-order valence-electron chi connectivity index (χ1n) is 6.28. The summed E-state index contributed by atoms with van der Waals surface area (Å²) in [6.07, 6.45) is 0. The monoisotopic (exact) mass is 299 g/mol. The lowest BCUT2D eigenvalue weighted by Crippen LogP contribution is -2.47. The Morgan fingerprint density at radius 1 is 1.45 bits per heavy atom. The Morgan fingerprint density at radius 2 is 2.15 bits per heavy atom. The molecule has 2 rings (SSSR count). The van der Waals surface area contributed by atoms with Crippen molar-refractivity contribution in [1.29, 1.82) is 0 Å². The van der Waals surface area contributed by atoms with E-state index in [1.165, 1.54) is 29.4 Å². The minimum absolute atomic E-state index is 0.00647. The summed E-state index contributed by atoms with van der Waals surface area (Å²) in [4.78, 5) is 11.2. The van der Waals surface area contributed by atoms with Crippen molar-refractivity contribution in [3.05, 3.63) is 29.3 Å². The van der Waals surface area contributed by atoms with Gasteiger partial charge in [0.15, 0.2) is 0 Å². The zero-order valence-electron chi connectivity index (χ0n) is 11.4. The van der Waals surface area contributed by atoms with Crippen LogP contribution in [0.4, 0.5) is 0 Å². The molecule has 0 saturated carbocycles. The molecule has 0 radical (unpaired) electrons. The SMILES string of the molecule is Cc1c(C(=O)O)cccc1S(=O)(=O)N1CCOCC1C. The predicted octanol–water partition coefficient (Wildman–Crippen LogP) is 1.10. The van der Waals surface area contributed by atoms with Crippen molar-refractivity contribution < 1.29 is 23.1 Å². The van der Waals surface area contributed by atoms with Crippen LogP contribution in [0.2, 0.25) is 0 Å². The van der Waals surface area contributed by atoms with E-state index in [0.717, 1.165) is 0 Å². The van der Waals surface area contributed by atoms with E-state index in [-0.39, 0.29) is 28.6 Å². The van der Waals surface area contributed by atoms with Gasteiger partial charge < -0.3 is 9.84 Å². The maximum absolute atomic E-state index is 12.7. The van der Waals surface area contributed by atoms with Gasteiger partial charge in [-0.25, -0.2) is 13.2 Å². The van der Waals surface area contributed by atoms with Gasteiger partial charge in [-0.05, 0) is 31.5 Å². The fraction of sp³-hybridized carbons (Fsp3) is 0.462. The largest absolute Gasteiger partial charge is 0.478 e. The summed E-state index contributed by atoms with van der Waals surface area (Å²) < 4.78 is 31.9. The molecule has 1 saturated heterocycles. The van der Waals surface area contributed by atoms with Crippen LogP contribution in [-0.4, -0.2) is 49.6 Å². The van der Waals surface area contributed by atoms with Crippen molar-refractivity contribution >= 4 is 16.0 Å². The zero-order chi connectivity index (χ0) is 14.9. The van der Waals surface area contributed by atoms with Crippen molar-refractivity contribution in [2.24, 2.45) is 0 Å². The predicted molar refractivity (Wildman–Crippen MR) is 72.3 cm³/mol. The number of hydrogen-bond donors (Lipinski definition) is 1. The molecule has 1 aliphatic heterocycles. The second-order valence-corrected chi connectivity index (χ2v) is 6.63. The van der Waals surface area contributed by atoms with E-state index in [1.807, 2.05) is 0 Å². The topological polar surface area (TPSA) is 83.9 Å². The van der Waals surface area contributed by atoms with E-state index in [0.29, 0.717) is 13.2 Å². The molecule has 0 aromatic heterocycles. The van der Waals surface area contributed by atoms with Crippen LogP contribution in [0.5, 0.6) is 0 Å². The second kappa shape index (κ2) is 5.51. The van der Waals surface area contributed by atoms with E-state index >= 15 is 0 Å². The first-order valence-corrected chi connectivity index (χ1v) is 7.72. The van der Waals surface area contributed by atoms with Gasteiger partial charge in [0.2, 0.25) is 10.0 Å². The molecule has 0 bridgehead atoms. The minimum atomic E-state index is -3.71. The Kier molecular flexibility index (Phi) is 4.12. The second-order valence-electron chi connectivity index (χ2n) is 4.77. The quantitative estimate of drug-likeness (QED) is 0.903. The molecule has 0 aliphatic carbocycles. The molecule has 1 heterocycles. The molecular formula is C13H17NO5S. The van der Waals surface area contributed by atoms with Crippen LogP contribution >= 0.6 is 0 Å². The third-order valence-electron chi connectivity index (χ3n) is 3.41.